The molecule has 1 unspecified atom stereocenters. The van der Waals surface area contributed by atoms with Gasteiger partial charge in [0.15, 0.2) is 6.04 Å². The number of halogens is 1. The van der Waals surface area contributed by atoms with E-state index in [1.54, 1.807) is 18.2 Å². The second kappa shape index (κ2) is 6.91. The zero-order valence-electron chi connectivity index (χ0n) is 11.8. The highest BCUT2D eigenvalue weighted by Gasteiger charge is 2.35. The summed E-state index contributed by atoms with van der Waals surface area (Å²) in [6.07, 6.45) is 0. The molecule has 1 aromatic rings. The molecule has 0 N–H and O–H groups in total. The Morgan fingerprint density at radius 2 is 2.14 bits per heavy atom. The molecule has 21 heavy (non-hydrogen) atoms. The van der Waals surface area contributed by atoms with E-state index in [1.165, 1.54) is 19.1 Å². The normalized spacial score (nSPS) is 18.2. The molecule has 2 rings (SSSR count). The third-order valence-corrected chi connectivity index (χ3v) is 3.75. The highest BCUT2D eigenvalue weighted by Crippen LogP contribution is 2.26. The summed E-state index contributed by atoms with van der Waals surface area (Å²) in [5.74, 6) is -0.318. The van der Waals surface area contributed by atoms with Crippen LogP contribution in [0.1, 0.15) is 10.4 Å². The van der Waals surface area contributed by atoms with Crippen molar-refractivity contribution in [3.63, 3.8) is 0 Å². The fraction of sp³-hybridized carbons (Fsp3) is 0.429. The molecule has 1 aliphatic rings. The van der Waals surface area contributed by atoms with Gasteiger partial charge in [0, 0.05) is 11.0 Å². The van der Waals surface area contributed by atoms with Gasteiger partial charge < -0.3 is 19.1 Å². The van der Waals surface area contributed by atoms with Crippen molar-refractivity contribution in [3.8, 4) is 5.75 Å². The average molecular weight is 358 g/mol. The minimum atomic E-state index is -0.732. The van der Waals surface area contributed by atoms with E-state index in [9.17, 15) is 9.59 Å². The highest BCUT2D eigenvalue weighted by molar-refractivity contribution is 9.10. The van der Waals surface area contributed by atoms with E-state index in [0.29, 0.717) is 24.5 Å². The Morgan fingerprint density at radius 3 is 2.81 bits per heavy atom. The Morgan fingerprint density at radius 1 is 1.38 bits per heavy atom. The number of amides is 1. The van der Waals surface area contributed by atoms with Crippen LogP contribution in [0, 0.1) is 0 Å². The van der Waals surface area contributed by atoms with Crippen LogP contribution in [0.4, 0.5) is 0 Å². The largest absolute Gasteiger partial charge is 0.496 e. The SMILES string of the molecule is COC(=O)C1COCCN1C(=O)c1ccc(Br)cc1OC. The van der Waals surface area contributed by atoms with Crippen LogP contribution in [0.25, 0.3) is 0 Å². The number of carbonyl (C=O) groups excluding carboxylic acids is 2. The predicted octanol–water partition coefficient (Wildman–Crippen LogP) is 1.47. The lowest BCUT2D eigenvalue weighted by Crippen LogP contribution is -2.53. The zero-order chi connectivity index (χ0) is 15.4. The predicted molar refractivity (Wildman–Crippen MR) is 78.4 cm³/mol. The third kappa shape index (κ3) is 3.36. The summed E-state index contributed by atoms with van der Waals surface area (Å²) in [7, 11) is 2.79. The van der Waals surface area contributed by atoms with Crippen LogP contribution in [0.3, 0.4) is 0 Å². The van der Waals surface area contributed by atoms with E-state index in [2.05, 4.69) is 15.9 Å². The van der Waals surface area contributed by atoms with E-state index in [0.717, 1.165) is 4.47 Å². The molecule has 0 bridgehead atoms. The fourth-order valence-electron chi connectivity index (χ4n) is 2.17. The first-order valence-corrected chi connectivity index (χ1v) is 7.18. The van der Waals surface area contributed by atoms with Gasteiger partial charge in [0.1, 0.15) is 5.75 Å². The number of carbonyl (C=O) groups is 2. The summed E-state index contributed by atoms with van der Waals surface area (Å²) >= 11 is 3.33. The Bertz CT molecular complexity index is 548. The molecule has 1 amide bonds. The monoisotopic (exact) mass is 357 g/mol. The molecule has 0 saturated carbocycles. The van der Waals surface area contributed by atoms with Crippen molar-refractivity contribution in [1.82, 2.24) is 4.90 Å². The first-order valence-electron chi connectivity index (χ1n) is 6.38. The van der Waals surface area contributed by atoms with Crippen LogP contribution in [0.5, 0.6) is 5.75 Å². The van der Waals surface area contributed by atoms with Gasteiger partial charge in [-0.3, -0.25) is 4.79 Å². The number of rotatable bonds is 3. The number of benzene rings is 1. The minimum Gasteiger partial charge on any atom is -0.496 e. The maximum atomic E-state index is 12.7. The molecule has 6 nitrogen and oxygen atoms in total. The molecule has 0 spiro atoms. The quantitative estimate of drug-likeness (QED) is 0.766. The van der Waals surface area contributed by atoms with Crippen molar-refractivity contribution in [1.29, 1.82) is 0 Å². The Kier molecular flexibility index (Phi) is 5.19. The molecule has 0 radical (unpaired) electrons. The van der Waals surface area contributed by atoms with Gasteiger partial charge in [-0.15, -0.1) is 0 Å². The van der Waals surface area contributed by atoms with Crippen LogP contribution in [-0.4, -0.2) is 56.8 Å². The minimum absolute atomic E-state index is 0.136. The smallest absolute Gasteiger partial charge is 0.331 e. The van der Waals surface area contributed by atoms with Crippen LogP contribution in [0.2, 0.25) is 0 Å². The van der Waals surface area contributed by atoms with Crippen molar-refractivity contribution in [3.05, 3.63) is 28.2 Å². The molecule has 0 aliphatic carbocycles. The van der Waals surface area contributed by atoms with Crippen molar-refractivity contribution in [2.45, 2.75) is 6.04 Å². The van der Waals surface area contributed by atoms with E-state index in [4.69, 9.17) is 14.2 Å². The second-order valence-electron chi connectivity index (χ2n) is 4.46. The summed E-state index contributed by atoms with van der Waals surface area (Å²) in [4.78, 5) is 25.9. The summed E-state index contributed by atoms with van der Waals surface area (Å²) in [6.45, 7) is 0.854. The van der Waals surface area contributed by atoms with Gasteiger partial charge in [0.2, 0.25) is 0 Å². The summed E-state index contributed by atoms with van der Waals surface area (Å²) in [5.41, 5.74) is 0.400. The van der Waals surface area contributed by atoms with Crippen molar-refractivity contribution >= 4 is 27.8 Å². The number of methoxy groups -OCH3 is 2. The average Bonchev–Trinajstić information content (AvgIpc) is 2.53. The third-order valence-electron chi connectivity index (χ3n) is 3.26. The maximum Gasteiger partial charge on any atom is 0.331 e. The van der Waals surface area contributed by atoms with Crippen LogP contribution >= 0.6 is 15.9 Å². The summed E-state index contributed by atoms with van der Waals surface area (Å²) in [6, 6.07) is 4.39. The Balaban J connectivity index is 2.31. The summed E-state index contributed by atoms with van der Waals surface area (Å²) in [5, 5.41) is 0. The molecule has 114 valence electrons. The van der Waals surface area contributed by atoms with Gasteiger partial charge in [-0.25, -0.2) is 4.79 Å². The van der Waals surface area contributed by atoms with Crippen LogP contribution in [-0.2, 0) is 14.3 Å². The van der Waals surface area contributed by atoms with Crippen LogP contribution in [0.15, 0.2) is 22.7 Å². The van der Waals surface area contributed by atoms with Crippen LogP contribution < -0.4 is 4.74 Å². The van der Waals surface area contributed by atoms with E-state index in [1.807, 2.05) is 0 Å². The van der Waals surface area contributed by atoms with E-state index in [-0.39, 0.29) is 12.5 Å². The number of ether oxygens (including phenoxy) is 3. The molecule has 1 aromatic carbocycles. The molecular weight excluding hydrogens is 342 g/mol. The molecule has 1 fully saturated rings. The molecule has 0 aromatic heterocycles. The second-order valence-corrected chi connectivity index (χ2v) is 5.37. The van der Waals surface area contributed by atoms with E-state index < -0.39 is 12.0 Å². The summed E-state index contributed by atoms with van der Waals surface area (Å²) < 4.78 is 16.0. The van der Waals surface area contributed by atoms with Gasteiger partial charge in [-0.1, -0.05) is 15.9 Å². The topological polar surface area (TPSA) is 65.1 Å². The molecular formula is C14H16BrNO5. The van der Waals surface area contributed by atoms with Gasteiger partial charge in [-0.05, 0) is 18.2 Å². The standard InChI is InChI=1S/C14H16BrNO5/c1-19-12-7-9(15)3-4-10(12)13(17)16-5-6-21-8-11(16)14(18)20-2/h3-4,7,11H,5-6,8H2,1-2H3. The lowest BCUT2D eigenvalue weighted by atomic mass is 10.1. The van der Waals surface area contributed by atoms with Gasteiger partial charge in [-0.2, -0.15) is 0 Å². The molecule has 1 atom stereocenters. The van der Waals surface area contributed by atoms with Gasteiger partial charge in [0.05, 0.1) is 33.0 Å². The lowest BCUT2D eigenvalue weighted by molar-refractivity contribution is -0.151. The number of hydrogen-bond donors (Lipinski definition) is 0. The number of hydrogen-bond acceptors (Lipinski definition) is 5. The molecule has 7 heteroatoms. The van der Waals surface area contributed by atoms with Gasteiger partial charge in [0.25, 0.3) is 5.91 Å². The number of nitrogens with zero attached hydrogens (tertiary/aromatic N) is 1. The molecule has 1 heterocycles. The Labute approximate surface area is 131 Å². The molecule has 1 saturated heterocycles. The number of esters is 1. The van der Waals surface area contributed by atoms with Gasteiger partial charge >= 0.3 is 5.97 Å². The fourth-order valence-corrected chi connectivity index (χ4v) is 2.51. The van der Waals surface area contributed by atoms with Crippen molar-refractivity contribution in [2.24, 2.45) is 0 Å². The zero-order valence-corrected chi connectivity index (χ0v) is 13.4. The maximum absolute atomic E-state index is 12.7. The van der Waals surface area contributed by atoms with Crippen molar-refractivity contribution in [2.75, 3.05) is 34.0 Å². The van der Waals surface area contributed by atoms with Crippen molar-refractivity contribution < 1.29 is 23.8 Å². The first-order chi connectivity index (χ1) is 10.1. The molecule has 1 aliphatic heterocycles. The lowest BCUT2D eigenvalue weighted by Gasteiger charge is -2.33. The number of morpholine rings is 1. The first kappa shape index (κ1) is 15.8. The Hall–Kier alpha value is -1.60. The van der Waals surface area contributed by atoms with E-state index >= 15 is 0 Å². The highest BCUT2D eigenvalue weighted by atomic mass is 79.9.